The molecule has 2 unspecified atom stereocenters. The molecule has 6 rings (SSSR count). The summed E-state index contributed by atoms with van der Waals surface area (Å²) in [5.41, 5.74) is 6.39. The van der Waals surface area contributed by atoms with Crippen molar-refractivity contribution < 1.29 is 9.53 Å². The minimum Gasteiger partial charge on any atom is -0.449 e. The number of ether oxygens (including phenoxy) is 1. The summed E-state index contributed by atoms with van der Waals surface area (Å²) in [7, 11) is 0. The number of piperidine rings is 2. The van der Waals surface area contributed by atoms with E-state index in [0.29, 0.717) is 18.7 Å². The van der Waals surface area contributed by atoms with Crippen LogP contribution in [-0.4, -0.2) is 35.7 Å². The number of fused-ring (bicyclic) bond motifs is 5. The molecule has 2 atom stereocenters. The summed E-state index contributed by atoms with van der Waals surface area (Å²) in [5, 5.41) is 3.22. The molecule has 4 nitrogen and oxygen atoms in total. The third-order valence-corrected chi connectivity index (χ3v) is 8.00. The lowest BCUT2D eigenvalue weighted by molar-refractivity contribution is 0.0169. The van der Waals surface area contributed by atoms with Crippen LogP contribution < -0.4 is 5.32 Å². The third kappa shape index (κ3) is 4.12. The van der Waals surface area contributed by atoms with Gasteiger partial charge in [0.05, 0.1) is 0 Å². The summed E-state index contributed by atoms with van der Waals surface area (Å²) < 4.78 is 5.82. The summed E-state index contributed by atoms with van der Waals surface area (Å²) in [4.78, 5) is 15.5. The number of carbonyl (C=O) groups is 1. The van der Waals surface area contributed by atoms with E-state index in [1.165, 1.54) is 47.1 Å². The predicted octanol–water partition coefficient (Wildman–Crippen LogP) is 6.11. The fourth-order valence-corrected chi connectivity index (χ4v) is 6.46. The molecule has 1 N–H and O–H groups in total. The Morgan fingerprint density at radius 1 is 0.824 bits per heavy atom. The van der Waals surface area contributed by atoms with Gasteiger partial charge >= 0.3 is 6.09 Å². The van der Waals surface area contributed by atoms with Crippen molar-refractivity contribution in [2.75, 3.05) is 6.61 Å². The van der Waals surface area contributed by atoms with E-state index in [1.807, 2.05) is 0 Å². The van der Waals surface area contributed by atoms with Crippen molar-refractivity contribution in [1.82, 2.24) is 10.2 Å². The van der Waals surface area contributed by atoms with Crippen LogP contribution in [-0.2, 0) is 11.3 Å². The largest absolute Gasteiger partial charge is 0.449 e. The number of amides is 1. The Morgan fingerprint density at radius 2 is 1.41 bits per heavy atom. The minimum absolute atomic E-state index is 0.102. The lowest BCUT2D eigenvalue weighted by atomic mass is 9.81. The number of nitrogens with one attached hydrogen (secondary N) is 1. The molecule has 4 heteroatoms. The molecule has 2 saturated heterocycles. The van der Waals surface area contributed by atoms with Crippen molar-refractivity contribution in [3.8, 4) is 11.1 Å². The number of nitrogens with zero attached hydrogens (tertiary/aromatic N) is 1. The normalized spacial score (nSPS) is 23.7. The van der Waals surface area contributed by atoms with Crippen LogP contribution in [0.4, 0.5) is 4.79 Å². The molecule has 0 aromatic heterocycles. The minimum atomic E-state index is -0.276. The Morgan fingerprint density at radius 3 is 2.06 bits per heavy atom. The van der Waals surface area contributed by atoms with E-state index in [-0.39, 0.29) is 18.1 Å². The summed E-state index contributed by atoms with van der Waals surface area (Å²) in [6.45, 7) is 1.38. The molecule has 34 heavy (non-hydrogen) atoms. The average Bonchev–Trinajstić information content (AvgIpc) is 3.18. The molecule has 2 fully saturated rings. The number of benzene rings is 3. The monoisotopic (exact) mass is 452 g/mol. The van der Waals surface area contributed by atoms with Gasteiger partial charge in [-0.1, -0.05) is 85.3 Å². The van der Waals surface area contributed by atoms with E-state index in [4.69, 9.17) is 4.74 Å². The predicted molar refractivity (Wildman–Crippen MR) is 135 cm³/mol. The van der Waals surface area contributed by atoms with Gasteiger partial charge in [0.1, 0.15) is 6.61 Å². The van der Waals surface area contributed by atoms with Gasteiger partial charge in [0.2, 0.25) is 0 Å². The molecule has 3 aromatic rings. The Labute approximate surface area is 201 Å². The highest BCUT2D eigenvalue weighted by molar-refractivity contribution is 5.79. The first kappa shape index (κ1) is 21.4. The maximum Gasteiger partial charge on any atom is 0.407 e. The van der Waals surface area contributed by atoms with E-state index in [2.05, 4.69) is 89.1 Å². The van der Waals surface area contributed by atoms with Crippen molar-refractivity contribution >= 4 is 6.09 Å². The highest BCUT2D eigenvalue weighted by Crippen LogP contribution is 2.44. The van der Waals surface area contributed by atoms with Crippen molar-refractivity contribution in [3.05, 3.63) is 95.6 Å². The summed E-state index contributed by atoms with van der Waals surface area (Å²) in [6.07, 6.45) is 5.46. The average molecular weight is 453 g/mol. The van der Waals surface area contributed by atoms with E-state index >= 15 is 0 Å². The van der Waals surface area contributed by atoms with Gasteiger partial charge in [-0.05, 0) is 53.5 Å². The second-order valence-electron chi connectivity index (χ2n) is 10.0. The summed E-state index contributed by atoms with van der Waals surface area (Å²) in [5.74, 6) is 0.102. The molecule has 3 aliphatic rings. The van der Waals surface area contributed by atoms with Gasteiger partial charge in [0.15, 0.2) is 0 Å². The number of rotatable bonds is 5. The van der Waals surface area contributed by atoms with Gasteiger partial charge in [-0.15, -0.1) is 0 Å². The van der Waals surface area contributed by atoms with Gasteiger partial charge < -0.3 is 10.1 Å². The summed E-state index contributed by atoms with van der Waals surface area (Å²) in [6, 6.07) is 29.0. The molecule has 1 amide bonds. The zero-order valence-corrected chi connectivity index (χ0v) is 19.5. The number of hydrogen-bond donors (Lipinski definition) is 1. The Balaban J connectivity index is 1.08. The Kier molecular flexibility index (Phi) is 5.84. The molecular formula is C30H32N2O2. The molecule has 0 spiro atoms. The lowest BCUT2D eigenvalue weighted by Crippen LogP contribution is -2.56. The first-order chi connectivity index (χ1) is 16.8. The van der Waals surface area contributed by atoms with Crippen LogP contribution in [0.1, 0.15) is 54.7 Å². The van der Waals surface area contributed by atoms with Crippen LogP contribution in [0.15, 0.2) is 78.9 Å². The van der Waals surface area contributed by atoms with E-state index in [1.54, 1.807) is 0 Å². The number of carbonyl (C=O) groups excluding carboxylic acids is 1. The number of alkyl carbamates (subject to hydrolysis) is 1. The first-order valence-corrected chi connectivity index (χ1v) is 12.7. The van der Waals surface area contributed by atoms with Crippen LogP contribution in [0, 0.1) is 0 Å². The van der Waals surface area contributed by atoms with E-state index in [9.17, 15) is 4.79 Å². The molecule has 3 aromatic carbocycles. The zero-order chi connectivity index (χ0) is 22.9. The number of hydrogen-bond acceptors (Lipinski definition) is 3. The second-order valence-corrected chi connectivity index (χ2v) is 10.0. The van der Waals surface area contributed by atoms with E-state index in [0.717, 1.165) is 19.4 Å². The lowest BCUT2D eigenvalue weighted by Gasteiger charge is -2.49. The highest BCUT2D eigenvalue weighted by Gasteiger charge is 2.39. The second kappa shape index (κ2) is 9.27. The van der Waals surface area contributed by atoms with Gasteiger partial charge in [0.25, 0.3) is 0 Å². The Hall–Kier alpha value is -3.11. The molecule has 0 saturated carbocycles. The zero-order valence-electron chi connectivity index (χ0n) is 19.5. The maximum atomic E-state index is 12.8. The standard InChI is InChI=1S/C30H32N2O2/c33-30(34-20-29-27-15-6-4-13-25(27)26-14-5-7-16-28(26)29)31-22-17-23-11-8-12-24(18-22)32(23)19-21-9-2-1-3-10-21/h1-7,9-10,13-16,22-24,29H,8,11-12,17-20H2,(H,31,33). The van der Waals surface area contributed by atoms with Crippen molar-refractivity contribution in [1.29, 1.82) is 0 Å². The molecule has 0 radical (unpaired) electrons. The molecule has 2 heterocycles. The fourth-order valence-electron chi connectivity index (χ4n) is 6.46. The van der Waals surface area contributed by atoms with Crippen LogP contribution >= 0.6 is 0 Å². The van der Waals surface area contributed by atoms with Crippen molar-refractivity contribution in [3.63, 3.8) is 0 Å². The van der Waals surface area contributed by atoms with Crippen molar-refractivity contribution in [2.45, 2.75) is 62.7 Å². The van der Waals surface area contributed by atoms with Gasteiger partial charge in [-0.3, -0.25) is 4.90 Å². The Bertz CT molecular complexity index is 1100. The first-order valence-electron chi connectivity index (χ1n) is 12.7. The highest BCUT2D eigenvalue weighted by atomic mass is 16.5. The molecule has 2 bridgehead atoms. The third-order valence-electron chi connectivity index (χ3n) is 8.00. The van der Waals surface area contributed by atoms with Crippen molar-refractivity contribution in [2.24, 2.45) is 0 Å². The van der Waals surface area contributed by atoms with Crippen LogP contribution in [0.2, 0.25) is 0 Å². The summed E-state index contributed by atoms with van der Waals surface area (Å²) >= 11 is 0. The molecular weight excluding hydrogens is 420 g/mol. The van der Waals surface area contributed by atoms with Crippen LogP contribution in [0.25, 0.3) is 11.1 Å². The topological polar surface area (TPSA) is 41.6 Å². The quantitative estimate of drug-likeness (QED) is 0.508. The van der Waals surface area contributed by atoms with Crippen LogP contribution in [0.5, 0.6) is 0 Å². The SMILES string of the molecule is O=C(NC1CC2CCCC(C1)N2Cc1ccccc1)OCC1c2ccccc2-c2ccccc21. The fraction of sp³-hybridized carbons (Fsp3) is 0.367. The van der Waals surface area contributed by atoms with Crippen LogP contribution in [0.3, 0.4) is 0 Å². The maximum absolute atomic E-state index is 12.8. The molecule has 174 valence electrons. The molecule has 1 aliphatic carbocycles. The van der Waals surface area contributed by atoms with E-state index < -0.39 is 0 Å². The smallest absolute Gasteiger partial charge is 0.407 e. The van der Waals surface area contributed by atoms with Gasteiger partial charge in [0, 0.05) is 30.6 Å². The van der Waals surface area contributed by atoms with Gasteiger partial charge in [-0.2, -0.15) is 0 Å². The van der Waals surface area contributed by atoms with Gasteiger partial charge in [-0.25, -0.2) is 4.79 Å². The molecule has 2 aliphatic heterocycles.